The van der Waals surface area contributed by atoms with Crippen LogP contribution in [0.3, 0.4) is 0 Å². The molecule has 12 aromatic rings. The molecule has 4 nitrogen and oxygen atoms in total. The van der Waals surface area contributed by atoms with Crippen LogP contribution in [-0.2, 0) is 0 Å². The van der Waals surface area contributed by atoms with Gasteiger partial charge in [-0.2, -0.15) is 0 Å². The third-order valence-electron chi connectivity index (χ3n) is 10.7. The summed E-state index contributed by atoms with van der Waals surface area (Å²) in [6, 6.07) is 60.4. The van der Waals surface area contributed by atoms with Gasteiger partial charge in [0.2, 0.25) is 5.89 Å². The number of fused-ring (bicyclic) bond motifs is 11. The number of hydrogen-bond donors (Lipinski definition) is 0. The van der Waals surface area contributed by atoms with Gasteiger partial charge in [0.15, 0.2) is 5.58 Å². The Balaban J connectivity index is 0.956. The molecule has 8 aromatic carbocycles. The minimum Gasteiger partial charge on any atom is -0.456 e. The summed E-state index contributed by atoms with van der Waals surface area (Å²) in [6.45, 7) is 0. The van der Waals surface area contributed by atoms with E-state index < -0.39 is 0 Å². The summed E-state index contributed by atoms with van der Waals surface area (Å²) in [5, 5.41) is 7.16. The molecule has 0 aliphatic heterocycles. The topological polar surface area (TPSA) is 42.4 Å². The molecular weight excluding hydrogens is 713 g/mol. The van der Waals surface area contributed by atoms with Crippen molar-refractivity contribution in [3.8, 4) is 22.6 Å². The second-order valence-corrected chi connectivity index (χ2v) is 16.1. The molecule has 4 heterocycles. The van der Waals surface area contributed by atoms with Crippen molar-refractivity contribution < 1.29 is 8.83 Å². The Bertz CT molecular complexity index is 3330. The summed E-state index contributed by atoms with van der Waals surface area (Å²) in [4.78, 5) is 7.17. The summed E-state index contributed by atoms with van der Waals surface area (Å²) in [7, 11) is 0. The Morgan fingerprint density at radius 1 is 0.400 bits per heavy atom. The SMILES string of the molecule is c1ccc(-c2nc3ccc4oc5cc(-c6ccc(N(c7ccc8c(c7)sc7ccccc78)c7ccc8c(c7)sc7ccccc78)cc6)ccc5c4c3o2)cc1. The monoisotopic (exact) mass is 740 g/mol. The van der Waals surface area contributed by atoms with Gasteiger partial charge in [-0.25, -0.2) is 4.98 Å². The van der Waals surface area contributed by atoms with Gasteiger partial charge in [-0.1, -0.05) is 84.9 Å². The van der Waals surface area contributed by atoms with Crippen LogP contribution in [0.5, 0.6) is 0 Å². The smallest absolute Gasteiger partial charge is 0.227 e. The molecule has 55 heavy (non-hydrogen) atoms. The zero-order chi connectivity index (χ0) is 36.0. The zero-order valence-corrected chi connectivity index (χ0v) is 30.8. The molecule has 0 atom stereocenters. The Labute approximate surface area is 322 Å². The van der Waals surface area contributed by atoms with Gasteiger partial charge in [-0.05, 0) is 96.1 Å². The molecule has 0 amide bonds. The number of benzene rings is 8. The minimum atomic E-state index is 0.607. The molecular formula is C49H28N2O2S2. The van der Waals surface area contributed by atoms with Gasteiger partial charge < -0.3 is 13.7 Å². The van der Waals surface area contributed by atoms with Crippen LogP contribution in [-0.4, -0.2) is 4.98 Å². The average molecular weight is 741 g/mol. The van der Waals surface area contributed by atoms with Gasteiger partial charge in [-0.3, -0.25) is 0 Å². The molecule has 0 aliphatic rings. The first-order valence-electron chi connectivity index (χ1n) is 18.3. The Hall–Kier alpha value is -6.73. The van der Waals surface area contributed by atoms with Gasteiger partial charge in [0.1, 0.15) is 16.7 Å². The van der Waals surface area contributed by atoms with Crippen molar-refractivity contribution in [3.63, 3.8) is 0 Å². The van der Waals surface area contributed by atoms with Crippen LogP contribution in [0.2, 0.25) is 0 Å². The first-order valence-corrected chi connectivity index (χ1v) is 19.9. The number of oxazole rings is 1. The van der Waals surface area contributed by atoms with E-state index in [4.69, 9.17) is 13.8 Å². The van der Waals surface area contributed by atoms with E-state index in [0.717, 1.165) is 66.8 Å². The van der Waals surface area contributed by atoms with E-state index in [2.05, 4.69) is 132 Å². The lowest BCUT2D eigenvalue weighted by Gasteiger charge is -2.26. The van der Waals surface area contributed by atoms with Gasteiger partial charge in [0.25, 0.3) is 0 Å². The van der Waals surface area contributed by atoms with E-state index in [1.807, 2.05) is 65.1 Å². The lowest BCUT2D eigenvalue weighted by molar-refractivity contribution is 0.622. The van der Waals surface area contributed by atoms with Crippen LogP contribution >= 0.6 is 22.7 Å². The standard InChI is InChI=1S/C49H28N2O2S2/c1-2-8-30(9-3-1)49-50-40-24-25-41-47(48(40)53-49)39-21-16-31(26-42(39)52-41)29-14-17-32(18-15-29)51(33-19-22-37-35-10-4-6-12-43(35)54-45(37)27-33)34-20-23-38-36-11-5-7-13-44(36)55-46(38)28-34/h1-28H. The number of nitrogens with zero attached hydrogens (tertiary/aromatic N) is 2. The quantitative estimate of drug-likeness (QED) is 0.176. The van der Waals surface area contributed by atoms with Gasteiger partial charge in [-0.15, -0.1) is 22.7 Å². The van der Waals surface area contributed by atoms with E-state index in [0.29, 0.717) is 5.89 Å². The van der Waals surface area contributed by atoms with Crippen molar-refractivity contribution >= 4 is 113 Å². The summed E-state index contributed by atoms with van der Waals surface area (Å²) in [5.41, 5.74) is 9.66. The van der Waals surface area contributed by atoms with Crippen LogP contribution in [0.4, 0.5) is 17.1 Å². The number of rotatable bonds is 5. The predicted molar refractivity (Wildman–Crippen MR) is 233 cm³/mol. The number of anilines is 3. The highest BCUT2D eigenvalue weighted by atomic mass is 32.1. The highest BCUT2D eigenvalue weighted by Gasteiger charge is 2.19. The molecule has 0 fully saturated rings. The summed E-state index contributed by atoms with van der Waals surface area (Å²) in [5.74, 6) is 0.607. The maximum atomic E-state index is 6.44. The van der Waals surface area contributed by atoms with E-state index in [9.17, 15) is 0 Å². The van der Waals surface area contributed by atoms with Gasteiger partial charge >= 0.3 is 0 Å². The first kappa shape index (κ1) is 30.7. The van der Waals surface area contributed by atoms with Crippen LogP contribution in [0, 0.1) is 0 Å². The van der Waals surface area contributed by atoms with E-state index in [1.54, 1.807) is 0 Å². The molecule has 0 aliphatic carbocycles. The second-order valence-electron chi connectivity index (χ2n) is 13.9. The summed E-state index contributed by atoms with van der Waals surface area (Å²) < 4.78 is 18.0. The maximum Gasteiger partial charge on any atom is 0.227 e. The average Bonchev–Trinajstić information content (AvgIpc) is 4.02. The normalized spacial score (nSPS) is 12.0. The lowest BCUT2D eigenvalue weighted by atomic mass is 10.0. The Morgan fingerprint density at radius 3 is 1.67 bits per heavy atom. The van der Waals surface area contributed by atoms with Crippen molar-refractivity contribution in [1.82, 2.24) is 4.98 Å². The molecule has 6 heteroatoms. The third kappa shape index (κ3) is 4.85. The molecule has 258 valence electrons. The number of thiophene rings is 2. The molecule has 0 saturated carbocycles. The van der Waals surface area contributed by atoms with Crippen molar-refractivity contribution in [3.05, 3.63) is 170 Å². The molecule has 12 rings (SSSR count). The number of hydrogen-bond acceptors (Lipinski definition) is 6. The predicted octanol–water partition coefficient (Wildman–Crippen LogP) is 15.3. The first-order chi connectivity index (χ1) is 27.2. The van der Waals surface area contributed by atoms with E-state index in [-0.39, 0.29) is 0 Å². The van der Waals surface area contributed by atoms with E-state index in [1.165, 1.54) is 40.3 Å². The highest BCUT2D eigenvalue weighted by molar-refractivity contribution is 7.26. The molecule has 0 N–H and O–H groups in total. The summed E-state index contributed by atoms with van der Waals surface area (Å²) in [6.07, 6.45) is 0. The highest BCUT2D eigenvalue weighted by Crippen LogP contribution is 2.44. The van der Waals surface area contributed by atoms with Crippen LogP contribution < -0.4 is 4.90 Å². The molecule has 0 bridgehead atoms. The van der Waals surface area contributed by atoms with Crippen molar-refractivity contribution in [2.24, 2.45) is 0 Å². The summed E-state index contributed by atoms with van der Waals surface area (Å²) >= 11 is 3.70. The fraction of sp³-hybridized carbons (Fsp3) is 0. The number of furan rings is 1. The Morgan fingerprint density at radius 2 is 0.982 bits per heavy atom. The largest absolute Gasteiger partial charge is 0.456 e. The van der Waals surface area contributed by atoms with E-state index >= 15 is 0 Å². The minimum absolute atomic E-state index is 0.607. The van der Waals surface area contributed by atoms with Crippen molar-refractivity contribution in [1.29, 1.82) is 0 Å². The zero-order valence-electron chi connectivity index (χ0n) is 29.2. The maximum absolute atomic E-state index is 6.44. The molecule has 4 aromatic heterocycles. The van der Waals surface area contributed by atoms with Crippen molar-refractivity contribution in [2.45, 2.75) is 0 Å². The second kappa shape index (κ2) is 11.9. The fourth-order valence-corrected chi connectivity index (χ4v) is 10.4. The lowest BCUT2D eigenvalue weighted by Crippen LogP contribution is -2.09. The van der Waals surface area contributed by atoms with Crippen LogP contribution in [0.15, 0.2) is 179 Å². The molecule has 0 radical (unpaired) electrons. The van der Waals surface area contributed by atoms with Gasteiger partial charge in [0.05, 0.1) is 5.39 Å². The van der Waals surface area contributed by atoms with Crippen LogP contribution in [0.1, 0.15) is 0 Å². The molecule has 0 spiro atoms. The van der Waals surface area contributed by atoms with Crippen molar-refractivity contribution in [2.75, 3.05) is 4.90 Å². The van der Waals surface area contributed by atoms with Gasteiger partial charge in [0, 0.05) is 68.4 Å². The fourth-order valence-electron chi connectivity index (χ4n) is 8.09. The van der Waals surface area contributed by atoms with Crippen LogP contribution in [0.25, 0.3) is 96.0 Å². The Kier molecular flexibility index (Phi) is 6.64. The third-order valence-corrected chi connectivity index (χ3v) is 13.0. The molecule has 0 unspecified atom stereocenters. The number of aromatic nitrogens is 1. The molecule has 0 saturated heterocycles.